The molecule has 1 aliphatic heterocycles. The number of hydrogen-bond donors (Lipinski definition) is 1. The number of benzene rings is 1. The second-order valence-electron chi connectivity index (χ2n) is 3.65. The molecule has 0 amide bonds. The molecule has 0 fully saturated rings. The second-order valence-corrected chi connectivity index (χ2v) is 3.65. The zero-order valence-corrected chi connectivity index (χ0v) is 8.96. The lowest BCUT2D eigenvalue weighted by Gasteiger charge is -2.14. The number of rotatable bonds is 1. The van der Waals surface area contributed by atoms with Gasteiger partial charge in [0.2, 0.25) is 0 Å². The van der Waals surface area contributed by atoms with Gasteiger partial charge in [0, 0.05) is 6.42 Å². The average Bonchev–Trinajstić information content (AvgIpc) is 2.39. The van der Waals surface area contributed by atoms with E-state index in [0.29, 0.717) is 12.0 Å². The van der Waals surface area contributed by atoms with Crippen LogP contribution in [0.1, 0.15) is 17.5 Å². The van der Waals surface area contributed by atoms with Gasteiger partial charge in [0.05, 0.1) is 23.4 Å². The highest BCUT2D eigenvalue weighted by atomic mass is 15.2. The fourth-order valence-corrected chi connectivity index (χ4v) is 1.55. The largest absolute Gasteiger partial charge is 0.385 e. The van der Waals surface area contributed by atoms with Crippen molar-refractivity contribution in [1.29, 1.82) is 10.5 Å². The maximum Gasteiger partial charge on any atom is 0.140 e. The Morgan fingerprint density at radius 1 is 1.18 bits per heavy atom. The molecule has 5 heteroatoms. The third-order valence-electron chi connectivity index (χ3n) is 2.54. The first-order valence-corrected chi connectivity index (χ1v) is 5.04. The fourth-order valence-electron chi connectivity index (χ4n) is 1.55. The number of hydrogen-bond acceptors (Lipinski definition) is 5. The van der Waals surface area contributed by atoms with Crippen molar-refractivity contribution in [2.24, 2.45) is 21.9 Å². The lowest BCUT2D eigenvalue weighted by molar-refractivity contribution is 0.871. The van der Waals surface area contributed by atoms with Crippen molar-refractivity contribution >= 4 is 11.5 Å². The van der Waals surface area contributed by atoms with Crippen LogP contribution in [0.2, 0.25) is 0 Å². The lowest BCUT2D eigenvalue weighted by Crippen LogP contribution is -2.27. The minimum absolute atomic E-state index is 0.255. The molecule has 0 saturated heterocycles. The normalized spacial score (nSPS) is 18.6. The van der Waals surface area contributed by atoms with Crippen molar-refractivity contribution in [3.05, 3.63) is 35.4 Å². The summed E-state index contributed by atoms with van der Waals surface area (Å²) in [6.07, 6.45) is 0.456. The van der Waals surface area contributed by atoms with Crippen LogP contribution in [0.5, 0.6) is 0 Å². The van der Waals surface area contributed by atoms with Crippen molar-refractivity contribution in [1.82, 2.24) is 0 Å². The van der Waals surface area contributed by atoms with Gasteiger partial charge in [-0.15, -0.1) is 5.10 Å². The van der Waals surface area contributed by atoms with Crippen LogP contribution in [0.25, 0.3) is 0 Å². The highest BCUT2D eigenvalue weighted by Gasteiger charge is 2.20. The van der Waals surface area contributed by atoms with Crippen LogP contribution < -0.4 is 5.73 Å². The molecule has 1 aliphatic rings. The summed E-state index contributed by atoms with van der Waals surface area (Å²) in [5.74, 6) is -0.164. The first-order chi connectivity index (χ1) is 8.24. The van der Waals surface area contributed by atoms with Gasteiger partial charge >= 0.3 is 0 Å². The van der Waals surface area contributed by atoms with Crippen LogP contribution in [0.4, 0.5) is 0 Å². The van der Waals surface area contributed by atoms with E-state index in [0.717, 1.165) is 11.3 Å². The molecule has 2 rings (SSSR count). The predicted molar refractivity (Wildman–Crippen MR) is 63.0 cm³/mol. The van der Waals surface area contributed by atoms with E-state index in [4.69, 9.17) is 16.3 Å². The van der Waals surface area contributed by atoms with Gasteiger partial charge in [-0.3, -0.25) is 0 Å². The van der Waals surface area contributed by atoms with E-state index in [-0.39, 0.29) is 5.84 Å². The van der Waals surface area contributed by atoms with E-state index in [9.17, 15) is 0 Å². The summed E-state index contributed by atoms with van der Waals surface area (Å²) in [4.78, 5) is 0. The van der Waals surface area contributed by atoms with Gasteiger partial charge in [-0.25, -0.2) is 0 Å². The molecule has 1 aromatic rings. The molecule has 1 heterocycles. The summed E-state index contributed by atoms with van der Waals surface area (Å²) < 4.78 is 0. The third kappa shape index (κ3) is 2.14. The van der Waals surface area contributed by atoms with Gasteiger partial charge in [-0.1, -0.05) is 12.1 Å². The van der Waals surface area contributed by atoms with Crippen molar-refractivity contribution < 1.29 is 0 Å². The van der Waals surface area contributed by atoms with E-state index in [1.807, 2.05) is 6.07 Å². The van der Waals surface area contributed by atoms with E-state index in [1.54, 1.807) is 24.3 Å². The molecule has 0 saturated carbocycles. The molecule has 1 aromatic carbocycles. The number of nitrogens with zero attached hydrogens (tertiary/aromatic N) is 4. The maximum absolute atomic E-state index is 8.90. The van der Waals surface area contributed by atoms with Crippen LogP contribution >= 0.6 is 0 Å². The van der Waals surface area contributed by atoms with Crippen molar-refractivity contribution in [2.45, 2.75) is 6.42 Å². The Morgan fingerprint density at radius 3 is 2.47 bits per heavy atom. The maximum atomic E-state index is 8.90. The molecule has 0 spiro atoms. The average molecular weight is 223 g/mol. The molecular formula is C12H9N5. The van der Waals surface area contributed by atoms with E-state index >= 15 is 0 Å². The molecule has 0 aliphatic carbocycles. The summed E-state index contributed by atoms with van der Waals surface area (Å²) in [6.45, 7) is 0. The third-order valence-corrected chi connectivity index (χ3v) is 2.54. The van der Waals surface area contributed by atoms with Gasteiger partial charge < -0.3 is 5.73 Å². The van der Waals surface area contributed by atoms with Crippen molar-refractivity contribution in [3.8, 4) is 12.1 Å². The molecule has 0 aromatic heterocycles. The zero-order chi connectivity index (χ0) is 12.3. The molecule has 1 atom stereocenters. The summed E-state index contributed by atoms with van der Waals surface area (Å²) in [7, 11) is 0. The monoisotopic (exact) mass is 223 g/mol. The standard InChI is InChI=1S/C12H9N5/c13-6-8-1-3-9(4-2-8)11-5-10(7-14)12(15)17-16-11/h1-4,10H,5H2,(H2,15,17). The van der Waals surface area contributed by atoms with Gasteiger partial charge in [0.15, 0.2) is 0 Å². The Hall–Kier alpha value is -2.66. The quantitative estimate of drug-likeness (QED) is 0.773. The number of nitrogens with two attached hydrogens (primary N) is 1. The second kappa shape index (κ2) is 4.46. The molecule has 82 valence electrons. The number of amidine groups is 1. The minimum atomic E-state index is -0.418. The summed E-state index contributed by atoms with van der Waals surface area (Å²) in [5, 5.41) is 25.3. The Morgan fingerprint density at radius 2 is 1.88 bits per heavy atom. The van der Waals surface area contributed by atoms with Crippen molar-refractivity contribution in [2.75, 3.05) is 0 Å². The first-order valence-electron chi connectivity index (χ1n) is 5.04. The van der Waals surface area contributed by atoms with Crippen LogP contribution in [-0.4, -0.2) is 11.5 Å². The van der Waals surface area contributed by atoms with E-state index < -0.39 is 5.92 Å². The smallest absolute Gasteiger partial charge is 0.140 e. The molecular weight excluding hydrogens is 214 g/mol. The van der Waals surface area contributed by atoms with E-state index in [2.05, 4.69) is 16.3 Å². The minimum Gasteiger partial charge on any atom is -0.385 e. The highest BCUT2D eigenvalue weighted by molar-refractivity contribution is 6.05. The Bertz CT molecular complexity index is 568. The van der Waals surface area contributed by atoms with Crippen LogP contribution in [-0.2, 0) is 0 Å². The summed E-state index contributed by atoms with van der Waals surface area (Å²) >= 11 is 0. The zero-order valence-electron chi connectivity index (χ0n) is 8.96. The van der Waals surface area contributed by atoms with Gasteiger partial charge in [-0.05, 0) is 17.7 Å². The summed E-state index contributed by atoms with van der Waals surface area (Å²) in [6, 6.07) is 11.1. The highest BCUT2D eigenvalue weighted by Crippen LogP contribution is 2.16. The SMILES string of the molecule is N#Cc1ccc(C2=NN=C(N)C(C#N)C2)cc1. The Kier molecular flexibility index (Phi) is 2.85. The molecule has 2 N–H and O–H groups in total. The van der Waals surface area contributed by atoms with Crippen molar-refractivity contribution in [3.63, 3.8) is 0 Å². The van der Waals surface area contributed by atoms with Gasteiger partial charge in [-0.2, -0.15) is 15.6 Å². The Labute approximate surface area is 98.5 Å². The molecule has 1 unspecified atom stereocenters. The number of nitriles is 2. The topological polar surface area (TPSA) is 98.3 Å². The van der Waals surface area contributed by atoms with Gasteiger partial charge in [0.25, 0.3) is 0 Å². The Balaban J connectivity index is 2.30. The molecule has 0 radical (unpaired) electrons. The van der Waals surface area contributed by atoms with Crippen LogP contribution in [0.3, 0.4) is 0 Å². The van der Waals surface area contributed by atoms with E-state index in [1.165, 1.54) is 0 Å². The molecule has 17 heavy (non-hydrogen) atoms. The van der Waals surface area contributed by atoms with Gasteiger partial charge in [0.1, 0.15) is 11.8 Å². The molecule has 5 nitrogen and oxygen atoms in total. The van der Waals surface area contributed by atoms with Crippen LogP contribution in [0, 0.1) is 28.6 Å². The summed E-state index contributed by atoms with van der Waals surface area (Å²) in [5.41, 5.74) is 7.72. The lowest BCUT2D eigenvalue weighted by atomic mass is 9.96. The first kappa shape index (κ1) is 10.8. The molecule has 0 bridgehead atoms. The van der Waals surface area contributed by atoms with Crippen LogP contribution in [0.15, 0.2) is 34.5 Å². The fraction of sp³-hybridized carbons (Fsp3) is 0.167. The predicted octanol–water partition coefficient (Wildman–Crippen LogP) is 1.16.